The van der Waals surface area contributed by atoms with Gasteiger partial charge in [-0.05, 0) is 24.3 Å². The fourth-order valence-corrected chi connectivity index (χ4v) is 2.31. The summed E-state index contributed by atoms with van der Waals surface area (Å²) in [5.41, 5.74) is 0. The molecule has 1 rings (SSSR count). The molecule has 104 valence electrons. The van der Waals surface area contributed by atoms with Crippen molar-refractivity contribution < 1.29 is 9.90 Å². The van der Waals surface area contributed by atoms with Crippen LogP contribution in [0.5, 0.6) is 5.75 Å². The number of nitriles is 2. The van der Waals surface area contributed by atoms with Crippen molar-refractivity contribution in [3.05, 3.63) is 24.3 Å². The van der Waals surface area contributed by atoms with Crippen LogP contribution in [0.2, 0.25) is 0 Å². The first-order valence-corrected chi connectivity index (χ1v) is 7.09. The predicted octanol–water partition coefficient (Wildman–Crippen LogP) is 2.14. The summed E-state index contributed by atoms with van der Waals surface area (Å²) in [6.07, 6.45) is 0.530. The molecule has 0 aliphatic rings. The first kappa shape index (κ1) is 15.9. The van der Waals surface area contributed by atoms with E-state index >= 15 is 0 Å². The van der Waals surface area contributed by atoms with E-state index in [1.165, 1.54) is 11.8 Å². The van der Waals surface area contributed by atoms with Crippen LogP contribution in [0.15, 0.2) is 29.2 Å². The number of aromatic hydroxyl groups is 1. The number of thioether (sulfide) groups is 1. The Bertz CT molecular complexity index is 499. The zero-order valence-corrected chi connectivity index (χ0v) is 11.8. The third kappa shape index (κ3) is 5.64. The highest BCUT2D eigenvalue weighted by Gasteiger charge is 2.13. The summed E-state index contributed by atoms with van der Waals surface area (Å²) in [7, 11) is 0. The molecule has 1 aromatic rings. The Balaban J connectivity index is 2.50. The maximum Gasteiger partial charge on any atom is 0.232 e. The number of carbonyl (C=O) groups excluding carboxylic acids is 1. The lowest BCUT2D eigenvalue weighted by molar-refractivity contribution is -0.128. The second-order valence-corrected chi connectivity index (χ2v) is 5.03. The minimum absolute atomic E-state index is 0.0893. The van der Waals surface area contributed by atoms with Crippen molar-refractivity contribution in [2.45, 2.75) is 17.7 Å². The molecular weight excluding hydrogens is 274 g/mol. The van der Waals surface area contributed by atoms with Crippen LogP contribution in [0.1, 0.15) is 12.8 Å². The monoisotopic (exact) mass is 289 g/mol. The van der Waals surface area contributed by atoms with Gasteiger partial charge in [0.25, 0.3) is 0 Å². The maximum atomic E-state index is 12.0. The number of carbonyl (C=O) groups is 1. The van der Waals surface area contributed by atoms with E-state index in [4.69, 9.17) is 10.5 Å². The summed E-state index contributed by atoms with van der Waals surface area (Å²) in [5.74, 6) is 0.348. The van der Waals surface area contributed by atoms with Crippen LogP contribution in [0.25, 0.3) is 0 Å². The van der Waals surface area contributed by atoms with E-state index in [1.54, 1.807) is 29.2 Å². The number of rotatable bonds is 7. The van der Waals surface area contributed by atoms with E-state index in [9.17, 15) is 9.90 Å². The average molecular weight is 289 g/mol. The maximum absolute atomic E-state index is 12.0. The highest BCUT2D eigenvalue weighted by atomic mass is 32.2. The van der Waals surface area contributed by atoms with Crippen LogP contribution in [-0.4, -0.2) is 34.8 Å². The van der Waals surface area contributed by atoms with Crippen molar-refractivity contribution >= 4 is 17.7 Å². The Labute approximate surface area is 122 Å². The highest BCUT2D eigenvalue weighted by Crippen LogP contribution is 2.21. The lowest BCUT2D eigenvalue weighted by atomic mass is 10.3. The van der Waals surface area contributed by atoms with E-state index in [0.717, 1.165) is 4.90 Å². The Hall–Kier alpha value is -2.18. The summed E-state index contributed by atoms with van der Waals surface area (Å²) in [4.78, 5) is 14.5. The third-order valence-corrected chi connectivity index (χ3v) is 3.54. The zero-order chi connectivity index (χ0) is 14.8. The van der Waals surface area contributed by atoms with Gasteiger partial charge in [0.15, 0.2) is 0 Å². The third-order valence-electron chi connectivity index (χ3n) is 2.54. The molecule has 0 bridgehead atoms. The molecule has 0 saturated heterocycles. The number of phenols is 1. The normalized spacial score (nSPS) is 9.50. The number of phenolic OH excluding ortho intramolecular Hbond substituents is 1. The molecule has 0 aliphatic heterocycles. The van der Waals surface area contributed by atoms with Crippen molar-refractivity contribution in [1.29, 1.82) is 10.5 Å². The molecule has 6 heteroatoms. The van der Waals surface area contributed by atoms with Gasteiger partial charge in [0, 0.05) is 18.0 Å². The number of hydrogen-bond acceptors (Lipinski definition) is 5. The second-order valence-electron chi connectivity index (χ2n) is 3.98. The van der Waals surface area contributed by atoms with Crippen molar-refractivity contribution in [2.24, 2.45) is 0 Å². The topological polar surface area (TPSA) is 88.1 Å². The predicted molar refractivity (Wildman–Crippen MR) is 75.9 cm³/mol. The Morgan fingerprint density at radius 1 is 1.15 bits per heavy atom. The lowest BCUT2D eigenvalue weighted by Crippen LogP contribution is -2.34. The number of hydrogen-bond donors (Lipinski definition) is 1. The summed E-state index contributed by atoms with van der Waals surface area (Å²) in [6.45, 7) is 0.709. The first-order chi connectivity index (χ1) is 9.67. The van der Waals surface area contributed by atoms with Crippen molar-refractivity contribution in [3.8, 4) is 17.9 Å². The number of benzene rings is 1. The molecule has 0 atom stereocenters. The molecule has 1 N–H and O–H groups in total. The smallest absolute Gasteiger partial charge is 0.232 e. The number of amides is 1. The van der Waals surface area contributed by atoms with Crippen molar-refractivity contribution in [2.75, 3.05) is 18.8 Å². The average Bonchev–Trinajstić information content (AvgIpc) is 2.46. The zero-order valence-electron chi connectivity index (χ0n) is 11.0. The van der Waals surface area contributed by atoms with E-state index in [0.29, 0.717) is 13.1 Å². The van der Waals surface area contributed by atoms with Crippen LogP contribution < -0.4 is 0 Å². The molecule has 0 saturated carbocycles. The van der Waals surface area contributed by atoms with Gasteiger partial charge in [-0.25, -0.2) is 0 Å². The summed E-state index contributed by atoms with van der Waals surface area (Å²) < 4.78 is 0. The number of nitrogens with zero attached hydrogens (tertiary/aromatic N) is 3. The summed E-state index contributed by atoms with van der Waals surface area (Å²) in [5, 5.41) is 26.3. The van der Waals surface area contributed by atoms with Gasteiger partial charge in [0.1, 0.15) is 5.75 Å². The van der Waals surface area contributed by atoms with E-state index < -0.39 is 0 Å². The summed E-state index contributed by atoms with van der Waals surface area (Å²) >= 11 is 1.36. The lowest BCUT2D eigenvalue weighted by Gasteiger charge is -2.20. The van der Waals surface area contributed by atoms with E-state index in [-0.39, 0.29) is 30.3 Å². The van der Waals surface area contributed by atoms with Gasteiger partial charge in [-0.3, -0.25) is 4.79 Å². The molecule has 0 fully saturated rings. The minimum Gasteiger partial charge on any atom is -0.508 e. The van der Waals surface area contributed by atoms with Gasteiger partial charge in [-0.2, -0.15) is 10.5 Å². The van der Waals surface area contributed by atoms with Gasteiger partial charge in [0.05, 0.1) is 30.7 Å². The molecular formula is C14H15N3O2S. The van der Waals surface area contributed by atoms with Gasteiger partial charge in [0.2, 0.25) is 5.91 Å². The largest absolute Gasteiger partial charge is 0.508 e. The van der Waals surface area contributed by atoms with E-state index in [2.05, 4.69) is 0 Å². The van der Waals surface area contributed by atoms with Gasteiger partial charge >= 0.3 is 0 Å². The second kappa shape index (κ2) is 8.84. The molecule has 0 radical (unpaired) electrons. The molecule has 0 unspecified atom stereocenters. The van der Waals surface area contributed by atoms with Crippen LogP contribution in [0, 0.1) is 22.7 Å². The van der Waals surface area contributed by atoms with Crippen molar-refractivity contribution in [3.63, 3.8) is 0 Å². The van der Waals surface area contributed by atoms with Gasteiger partial charge in [-0.15, -0.1) is 11.8 Å². The van der Waals surface area contributed by atoms with Crippen LogP contribution in [0.3, 0.4) is 0 Å². The standard InChI is InChI=1S/C14H15N3O2S/c15-7-1-9-17(10-2-8-16)14(19)11-20-13-5-3-12(18)4-6-13/h3-6,18H,1-2,9-11H2. The highest BCUT2D eigenvalue weighted by molar-refractivity contribution is 8.00. The van der Waals surface area contributed by atoms with E-state index in [1.807, 2.05) is 12.1 Å². The Morgan fingerprint density at radius 2 is 1.70 bits per heavy atom. The van der Waals surface area contributed by atoms with Gasteiger partial charge in [-0.1, -0.05) is 0 Å². The van der Waals surface area contributed by atoms with Crippen LogP contribution >= 0.6 is 11.8 Å². The van der Waals surface area contributed by atoms with Crippen LogP contribution in [-0.2, 0) is 4.79 Å². The summed E-state index contributed by atoms with van der Waals surface area (Å²) in [6, 6.07) is 10.6. The fraction of sp³-hybridized carbons (Fsp3) is 0.357. The first-order valence-electron chi connectivity index (χ1n) is 6.11. The van der Waals surface area contributed by atoms with Gasteiger partial charge < -0.3 is 10.0 Å². The molecule has 0 heterocycles. The Morgan fingerprint density at radius 3 is 2.20 bits per heavy atom. The molecule has 0 spiro atoms. The molecule has 5 nitrogen and oxygen atoms in total. The van der Waals surface area contributed by atoms with Crippen LogP contribution in [0.4, 0.5) is 0 Å². The molecule has 0 aromatic heterocycles. The van der Waals surface area contributed by atoms with Crippen molar-refractivity contribution in [1.82, 2.24) is 4.90 Å². The minimum atomic E-state index is -0.0893. The fourth-order valence-electron chi connectivity index (χ4n) is 1.51. The molecule has 0 aliphatic carbocycles. The Kier molecular flexibility index (Phi) is 7.02. The quantitative estimate of drug-likeness (QED) is 0.777. The molecule has 1 aromatic carbocycles. The molecule has 1 amide bonds. The SMILES string of the molecule is N#CCCN(CCC#N)C(=O)CSc1ccc(O)cc1. The molecule has 20 heavy (non-hydrogen) atoms.